The number of hydrogen-bond donors (Lipinski definition) is 0. The first-order valence-electron chi connectivity index (χ1n) is 6.17. The van der Waals surface area contributed by atoms with Crippen LogP contribution >= 0.6 is 23.2 Å². The van der Waals surface area contributed by atoms with Crippen LogP contribution in [0, 0.1) is 5.82 Å². The SMILES string of the molecule is Fc1ccccc1-c1ncncc1-c1ccc(Cl)c(Cl)c1. The van der Waals surface area contributed by atoms with E-state index in [4.69, 9.17) is 23.2 Å². The Kier molecular flexibility index (Phi) is 3.86. The highest BCUT2D eigenvalue weighted by molar-refractivity contribution is 6.42. The fourth-order valence-corrected chi connectivity index (χ4v) is 2.37. The Morgan fingerprint density at radius 1 is 0.905 bits per heavy atom. The molecule has 0 unspecified atom stereocenters. The van der Waals surface area contributed by atoms with Gasteiger partial charge >= 0.3 is 0 Å². The van der Waals surface area contributed by atoms with Gasteiger partial charge in [0.15, 0.2) is 0 Å². The highest BCUT2D eigenvalue weighted by Gasteiger charge is 2.13. The number of benzene rings is 2. The van der Waals surface area contributed by atoms with Gasteiger partial charge in [0, 0.05) is 17.3 Å². The zero-order valence-electron chi connectivity index (χ0n) is 10.7. The van der Waals surface area contributed by atoms with Crippen LogP contribution in [0.4, 0.5) is 4.39 Å². The summed E-state index contributed by atoms with van der Waals surface area (Å²) >= 11 is 12.0. The molecule has 0 aliphatic carbocycles. The molecule has 0 atom stereocenters. The minimum absolute atomic E-state index is 0.336. The van der Waals surface area contributed by atoms with Crippen LogP contribution in [-0.4, -0.2) is 9.97 Å². The molecular weight excluding hydrogens is 310 g/mol. The van der Waals surface area contributed by atoms with Crippen molar-refractivity contribution < 1.29 is 4.39 Å². The van der Waals surface area contributed by atoms with Gasteiger partial charge in [0.05, 0.1) is 15.7 Å². The highest BCUT2D eigenvalue weighted by Crippen LogP contribution is 2.34. The molecule has 0 radical (unpaired) electrons. The van der Waals surface area contributed by atoms with Gasteiger partial charge in [0.25, 0.3) is 0 Å². The van der Waals surface area contributed by atoms with Gasteiger partial charge in [-0.05, 0) is 29.8 Å². The summed E-state index contributed by atoms with van der Waals surface area (Å²) in [4.78, 5) is 8.23. The Labute approximate surface area is 131 Å². The molecular formula is C16H9Cl2FN2. The van der Waals surface area contributed by atoms with Crippen LogP contribution in [0.25, 0.3) is 22.4 Å². The molecule has 0 saturated heterocycles. The van der Waals surface area contributed by atoms with Crippen LogP contribution in [0.15, 0.2) is 55.0 Å². The molecule has 1 aromatic heterocycles. The average Bonchev–Trinajstić information content (AvgIpc) is 2.51. The predicted molar refractivity (Wildman–Crippen MR) is 82.9 cm³/mol. The Morgan fingerprint density at radius 2 is 1.71 bits per heavy atom. The molecule has 2 aromatic carbocycles. The van der Waals surface area contributed by atoms with E-state index in [0.29, 0.717) is 26.9 Å². The van der Waals surface area contributed by atoms with E-state index < -0.39 is 0 Å². The third-order valence-electron chi connectivity index (χ3n) is 3.07. The number of nitrogens with zero attached hydrogens (tertiary/aromatic N) is 2. The summed E-state index contributed by atoms with van der Waals surface area (Å²) in [6.45, 7) is 0. The van der Waals surface area contributed by atoms with Crippen LogP contribution in [0.5, 0.6) is 0 Å². The van der Waals surface area contributed by atoms with E-state index in [9.17, 15) is 4.39 Å². The van der Waals surface area contributed by atoms with Gasteiger partial charge < -0.3 is 0 Å². The van der Waals surface area contributed by atoms with E-state index in [2.05, 4.69) is 9.97 Å². The lowest BCUT2D eigenvalue weighted by Crippen LogP contribution is -1.93. The number of rotatable bonds is 2. The number of aromatic nitrogens is 2. The van der Waals surface area contributed by atoms with Crippen molar-refractivity contribution in [3.8, 4) is 22.4 Å². The summed E-state index contributed by atoms with van der Waals surface area (Å²) < 4.78 is 14.0. The molecule has 0 saturated carbocycles. The quantitative estimate of drug-likeness (QED) is 0.644. The van der Waals surface area contributed by atoms with E-state index in [1.165, 1.54) is 12.4 Å². The molecule has 0 N–H and O–H groups in total. The molecule has 0 spiro atoms. The van der Waals surface area contributed by atoms with E-state index in [1.54, 1.807) is 42.6 Å². The van der Waals surface area contributed by atoms with Crippen molar-refractivity contribution >= 4 is 23.2 Å². The van der Waals surface area contributed by atoms with Crippen molar-refractivity contribution in [1.82, 2.24) is 9.97 Å². The molecule has 0 aliphatic rings. The van der Waals surface area contributed by atoms with Crippen LogP contribution in [-0.2, 0) is 0 Å². The van der Waals surface area contributed by atoms with Gasteiger partial charge in [-0.3, -0.25) is 0 Å². The smallest absolute Gasteiger partial charge is 0.132 e. The van der Waals surface area contributed by atoms with Gasteiger partial charge in [0.2, 0.25) is 0 Å². The van der Waals surface area contributed by atoms with E-state index in [0.717, 1.165) is 5.56 Å². The normalized spacial score (nSPS) is 10.6. The van der Waals surface area contributed by atoms with E-state index in [1.807, 2.05) is 0 Å². The number of hydrogen-bond acceptors (Lipinski definition) is 2. The Balaban J connectivity index is 2.21. The second-order valence-electron chi connectivity index (χ2n) is 4.39. The van der Waals surface area contributed by atoms with Gasteiger partial charge in [-0.15, -0.1) is 0 Å². The second kappa shape index (κ2) is 5.80. The third kappa shape index (κ3) is 2.75. The maximum atomic E-state index is 14.0. The summed E-state index contributed by atoms with van der Waals surface area (Å²) in [7, 11) is 0. The van der Waals surface area contributed by atoms with Crippen molar-refractivity contribution in [3.05, 3.63) is 70.9 Å². The molecule has 0 amide bonds. The van der Waals surface area contributed by atoms with Crippen LogP contribution in [0.1, 0.15) is 0 Å². The lowest BCUT2D eigenvalue weighted by atomic mass is 10.0. The van der Waals surface area contributed by atoms with Gasteiger partial charge in [-0.25, -0.2) is 14.4 Å². The minimum atomic E-state index is -0.336. The van der Waals surface area contributed by atoms with Crippen molar-refractivity contribution in [2.45, 2.75) is 0 Å². The molecule has 0 aliphatic heterocycles. The maximum absolute atomic E-state index is 14.0. The fraction of sp³-hybridized carbons (Fsp3) is 0. The van der Waals surface area contributed by atoms with Gasteiger partial charge in [-0.2, -0.15) is 0 Å². The zero-order valence-corrected chi connectivity index (χ0v) is 12.2. The van der Waals surface area contributed by atoms with Crippen LogP contribution in [0.2, 0.25) is 10.0 Å². The van der Waals surface area contributed by atoms with Crippen molar-refractivity contribution in [2.75, 3.05) is 0 Å². The lowest BCUT2D eigenvalue weighted by Gasteiger charge is -2.09. The van der Waals surface area contributed by atoms with Crippen molar-refractivity contribution in [3.63, 3.8) is 0 Å². The molecule has 0 fully saturated rings. The Hall–Kier alpha value is -1.97. The largest absolute Gasteiger partial charge is 0.244 e. The monoisotopic (exact) mass is 318 g/mol. The van der Waals surface area contributed by atoms with Crippen LogP contribution < -0.4 is 0 Å². The number of halogens is 3. The first kappa shape index (κ1) is 14.0. The Bertz CT molecular complexity index is 806. The van der Waals surface area contributed by atoms with Gasteiger partial charge in [0.1, 0.15) is 12.1 Å². The zero-order chi connectivity index (χ0) is 14.8. The molecule has 21 heavy (non-hydrogen) atoms. The standard InChI is InChI=1S/C16H9Cl2FN2/c17-13-6-5-10(7-14(13)18)12-8-20-9-21-16(12)11-3-1-2-4-15(11)19/h1-9H. The topological polar surface area (TPSA) is 25.8 Å². The molecule has 0 bridgehead atoms. The highest BCUT2D eigenvalue weighted by atomic mass is 35.5. The van der Waals surface area contributed by atoms with Crippen molar-refractivity contribution in [2.24, 2.45) is 0 Å². The summed E-state index contributed by atoms with van der Waals surface area (Å²) in [5.74, 6) is -0.336. The molecule has 2 nitrogen and oxygen atoms in total. The molecule has 104 valence electrons. The Morgan fingerprint density at radius 3 is 2.48 bits per heavy atom. The lowest BCUT2D eigenvalue weighted by molar-refractivity contribution is 0.630. The maximum Gasteiger partial charge on any atom is 0.132 e. The van der Waals surface area contributed by atoms with E-state index >= 15 is 0 Å². The fourth-order valence-electron chi connectivity index (χ4n) is 2.07. The summed E-state index contributed by atoms with van der Waals surface area (Å²) in [6, 6.07) is 11.7. The minimum Gasteiger partial charge on any atom is -0.244 e. The summed E-state index contributed by atoms with van der Waals surface area (Å²) in [5.41, 5.74) is 2.41. The molecule has 5 heteroatoms. The molecule has 3 rings (SSSR count). The molecule has 1 heterocycles. The first-order chi connectivity index (χ1) is 10.2. The predicted octanol–water partition coefficient (Wildman–Crippen LogP) is 5.26. The van der Waals surface area contributed by atoms with Gasteiger partial charge in [-0.1, -0.05) is 41.4 Å². The van der Waals surface area contributed by atoms with E-state index in [-0.39, 0.29) is 5.82 Å². The third-order valence-corrected chi connectivity index (χ3v) is 3.81. The first-order valence-corrected chi connectivity index (χ1v) is 6.93. The van der Waals surface area contributed by atoms with Crippen molar-refractivity contribution in [1.29, 1.82) is 0 Å². The molecule has 3 aromatic rings. The van der Waals surface area contributed by atoms with Crippen LogP contribution in [0.3, 0.4) is 0 Å². The second-order valence-corrected chi connectivity index (χ2v) is 5.21. The summed E-state index contributed by atoms with van der Waals surface area (Å²) in [6.07, 6.45) is 3.02. The average molecular weight is 319 g/mol. The summed E-state index contributed by atoms with van der Waals surface area (Å²) in [5, 5.41) is 0.891.